The van der Waals surface area contributed by atoms with Gasteiger partial charge in [-0.2, -0.15) is 0 Å². The van der Waals surface area contributed by atoms with E-state index in [1.807, 2.05) is 4.90 Å². The van der Waals surface area contributed by atoms with Crippen LogP contribution in [0.15, 0.2) is 0 Å². The number of ether oxygens (including phenoxy) is 1. The average Bonchev–Trinajstić information content (AvgIpc) is 2.41. The van der Waals surface area contributed by atoms with Gasteiger partial charge in [0.2, 0.25) is 5.91 Å². The highest BCUT2D eigenvalue weighted by Crippen LogP contribution is 2.26. The molecule has 4 heteroatoms. The number of piperidine rings is 1. The number of hydrogen-bond acceptors (Lipinski definition) is 3. The van der Waals surface area contributed by atoms with Gasteiger partial charge in [0.25, 0.3) is 0 Å². The zero-order chi connectivity index (χ0) is 13.0. The second kappa shape index (κ2) is 6.53. The van der Waals surface area contributed by atoms with E-state index < -0.39 is 0 Å². The quantitative estimate of drug-likeness (QED) is 0.831. The predicted octanol–water partition coefficient (Wildman–Crippen LogP) is 1.53. The monoisotopic (exact) mass is 254 g/mol. The molecule has 1 aliphatic heterocycles. The van der Waals surface area contributed by atoms with Crippen LogP contribution in [0, 0.1) is 5.92 Å². The van der Waals surface area contributed by atoms with Crippen LogP contribution in [-0.4, -0.2) is 43.2 Å². The Morgan fingerprint density at radius 2 is 1.89 bits per heavy atom. The summed E-state index contributed by atoms with van der Waals surface area (Å²) >= 11 is 0. The van der Waals surface area contributed by atoms with Crippen LogP contribution in [-0.2, 0) is 9.53 Å². The number of carbonyl (C=O) groups excluding carboxylic acids is 1. The lowest BCUT2D eigenvalue weighted by atomic mass is 9.82. The molecular weight excluding hydrogens is 228 g/mol. The maximum Gasteiger partial charge on any atom is 0.222 e. The lowest BCUT2D eigenvalue weighted by Crippen LogP contribution is -2.43. The molecule has 4 nitrogen and oxygen atoms in total. The van der Waals surface area contributed by atoms with Crippen molar-refractivity contribution in [1.82, 2.24) is 4.90 Å². The Labute approximate surface area is 110 Å². The van der Waals surface area contributed by atoms with Gasteiger partial charge in [-0.3, -0.25) is 4.79 Å². The van der Waals surface area contributed by atoms with Crippen molar-refractivity contribution < 1.29 is 9.53 Å². The Bertz CT molecular complexity index is 275. The van der Waals surface area contributed by atoms with Crippen LogP contribution in [0.1, 0.15) is 44.9 Å². The highest BCUT2D eigenvalue weighted by Gasteiger charge is 2.28. The first-order chi connectivity index (χ1) is 8.70. The van der Waals surface area contributed by atoms with E-state index in [4.69, 9.17) is 10.5 Å². The van der Waals surface area contributed by atoms with Crippen molar-refractivity contribution in [1.29, 1.82) is 0 Å². The van der Waals surface area contributed by atoms with Gasteiger partial charge in [0.05, 0.1) is 6.10 Å². The Morgan fingerprint density at radius 3 is 2.50 bits per heavy atom. The summed E-state index contributed by atoms with van der Waals surface area (Å²) in [5.74, 6) is 0.707. The van der Waals surface area contributed by atoms with Gasteiger partial charge in [0, 0.05) is 32.7 Å². The van der Waals surface area contributed by atoms with Gasteiger partial charge in [0.15, 0.2) is 0 Å². The molecule has 1 saturated heterocycles. The third-order valence-electron chi connectivity index (χ3n) is 4.53. The first-order valence-electron chi connectivity index (χ1n) is 7.27. The van der Waals surface area contributed by atoms with E-state index in [1.165, 1.54) is 12.8 Å². The molecule has 0 aromatic carbocycles. The SMILES string of the molecule is COC1CCN(C(=O)CC2CCCCC2N)CC1. The fourth-order valence-corrected chi connectivity index (χ4v) is 3.18. The Hall–Kier alpha value is -0.610. The maximum absolute atomic E-state index is 12.2. The zero-order valence-corrected chi connectivity index (χ0v) is 11.4. The third-order valence-corrected chi connectivity index (χ3v) is 4.53. The van der Waals surface area contributed by atoms with Gasteiger partial charge in [-0.1, -0.05) is 12.8 Å². The topological polar surface area (TPSA) is 55.6 Å². The smallest absolute Gasteiger partial charge is 0.222 e. The normalized spacial score (nSPS) is 30.4. The summed E-state index contributed by atoms with van der Waals surface area (Å²) in [5, 5.41) is 0. The maximum atomic E-state index is 12.2. The van der Waals surface area contributed by atoms with Gasteiger partial charge >= 0.3 is 0 Å². The zero-order valence-electron chi connectivity index (χ0n) is 11.4. The van der Waals surface area contributed by atoms with Gasteiger partial charge in [0.1, 0.15) is 0 Å². The standard InChI is InChI=1S/C14H26N2O2/c1-18-12-6-8-16(9-7-12)14(17)10-11-4-2-3-5-13(11)15/h11-13H,2-10,15H2,1H3. The summed E-state index contributed by atoms with van der Waals surface area (Å²) in [6.45, 7) is 1.69. The minimum Gasteiger partial charge on any atom is -0.381 e. The number of amides is 1. The van der Waals surface area contributed by atoms with Crippen LogP contribution in [0.5, 0.6) is 0 Å². The molecule has 2 N–H and O–H groups in total. The van der Waals surface area contributed by atoms with Crippen LogP contribution in [0.2, 0.25) is 0 Å². The van der Waals surface area contributed by atoms with Gasteiger partial charge in [-0.15, -0.1) is 0 Å². The number of carbonyl (C=O) groups is 1. The summed E-state index contributed by atoms with van der Waals surface area (Å²) in [5.41, 5.74) is 6.11. The van der Waals surface area contributed by atoms with Crippen molar-refractivity contribution in [2.45, 2.75) is 57.1 Å². The van der Waals surface area contributed by atoms with Crippen molar-refractivity contribution in [3.05, 3.63) is 0 Å². The molecule has 1 heterocycles. The molecule has 0 aromatic rings. The lowest BCUT2D eigenvalue weighted by molar-refractivity contribution is -0.134. The van der Waals surface area contributed by atoms with Crippen molar-refractivity contribution in [2.75, 3.05) is 20.2 Å². The van der Waals surface area contributed by atoms with Crippen LogP contribution < -0.4 is 5.73 Å². The molecule has 0 radical (unpaired) electrons. The molecule has 0 spiro atoms. The predicted molar refractivity (Wildman–Crippen MR) is 71.2 cm³/mol. The molecule has 0 bridgehead atoms. The number of nitrogens with zero attached hydrogens (tertiary/aromatic N) is 1. The Morgan fingerprint density at radius 1 is 1.22 bits per heavy atom. The molecular formula is C14H26N2O2. The number of likely N-dealkylation sites (tertiary alicyclic amines) is 1. The van der Waals surface area contributed by atoms with Crippen LogP contribution in [0.25, 0.3) is 0 Å². The molecule has 18 heavy (non-hydrogen) atoms. The van der Waals surface area contributed by atoms with E-state index in [0.29, 0.717) is 24.3 Å². The fourth-order valence-electron chi connectivity index (χ4n) is 3.18. The summed E-state index contributed by atoms with van der Waals surface area (Å²) in [6.07, 6.45) is 7.61. The van der Waals surface area contributed by atoms with Crippen molar-refractivity contribution in [3.63, 3.8) is 0 Å². The average molecular weight is 254 g/mol. The van der Waals surface area contributed by atoms with Crippen molar-refractivity contribution >= 4 is 5.91 Å². The molecule has 2 fully saturated rings. The largest absolute Gasteiger partial charge is 0.381 e. The molecule has 1 aliphatic carbocycles. The summed E-state index contributed by atoms with van der Waals surface area (Å²) in [4.78, 5) is 14.2. The molecule has 1 saturated carbocycles. The molecule has 2 rings (SSSR count). The summed E-state index contributed by atoms with van der Waals surface area (Å²) in [6, 6.07) is 0.235. The van der Waals surface area contributed by atoms with E-state index >= 15 is 0 Å². The number of methoxy groups -OCH3 is 1. The second-order valence-electron chi connectivity index (χ2n) is 5.73. The van der Waals surface area contributed by atoms with E-state index in [-0.39, 0.29) is 6.04 Å². The lowest BCUT2D eigenvalue weighted by Gasteiger charge is -2.34. The van der Waals surface area contributed by atoms with E-state index in [9.17, 15) is 4.79 Å². The summed E-state index contributed by atoms with van der Waals surface area (Å²) in [7, 11) is 1.75. The van der Waals surface area contributed by atoms with Gasteiger partial charge in [-0.05, 0) is 31.6 Å². The van der Waals surface area contributed by atoms with E-state index in [2.05, 4.69) is 0 Å². The van der Waals surface area contributed by atoms with E-state index in [1.54, 1.807) is 7.11 Å². The fraction of sp³-hybridized carbons (Fsp3) is 0.929. The van der Waals surface area contributed by atoms with Crippen LogP contribution in [0.4, 0.5) is 0 Å². The van der Waals surface area contributed by atoms with Crippen LogP contribution in [0.3, 0.4) is 0 Å². The Balaban J connectivity index is 1.77. The molecule has 0 aromatic heterocycles. The van der Waals surface area contributed by atoms with Crippen LogP contribution >= 0.6 is 0 Å². The number of nitrogens with two attached hydrogens (primary N) is 1. The minimum atomic E-state index is 0.235. The first-order valence-corrected chi connectivity index (χ1v) is 7.27. The van der Waals surface area contributed by atoms with Crippen molar-refractivity contribution in [3.8, 4) is 0 Å². The van der Waals surface area contributed by atoms with Gasteiger partial charge in [-0.25, -0.2) is 0 Å². The highest BCUT2D eigenvalue weighted by molar-refractivity contribution is 5.76. The first kappa shape index (κ1) is 13.8. The molecule has 2 atom stereocenters. The number of rotatable bonds is 3. The number of hydrogen-bond donors (Lipinski definition) is 1. The molecule has 2 unspecified atom stereocenters. The minimum absolute atomic E-state index is 0.235. The van der Waals surface area contributed by atoms with E-state index in [0.717, 1.165) is 38.8 Å². The van der Waals surface area contributed by atoms with Crippen molar-refractivity contribution in [2.24, 2.45) is 11.7 Å². The summed E-state index contributed by atoms with van der Waals surface area (Å²) < 4.78 is 5.33. The molecule has 2 aliphatic rings. The Kier molecular flexibility index (Phi) is 5.01. The molecule has 1 amide bonds. The third kappa shape index (κ3) is 3.45. The van der Waals surface area contributed by atoms with Gasteiger partial charge < -0.3 is 15.4 Å². The molecule has 104 valence electrons. The second-order valence-corrected chi connectivity index (χ2v) is 5.73. The highest BCUT2D eigenvalue weighted by atomic mass is 16.5.